The topological polar surface area (TPSA) is 69.0 Å². The van der Waals surface area contributed by atoms with Crippen molar-refractivity contribution in [3.05, 3.63) is 29.5 Å². The van der Waals surface area contributed by atoms with E-state index in [2.05, 4.69) is 32.5 Å². The number of hydrogen-bond donors (Lipinski definition) is 1. The van der Waals surface area contributed by atoms with Gasteiger partial charge in [-0.15, -0.1) is 10.2 Å². The summed E-state index contributed by atoms with van der Waals surface area (Å²) in [5.74, 6) is 0.0316. The van der Waals surface area contributed by atoms with Crippen LogP contribution in [0.25, 0.3) is 0 Å². The molecule has 2 heterocycles. The number of methoxy groups -OCH3 is 1. The molecule has 1 N–H and O–H groups in total. The van der Waals surface area contributed by atoms with E-state index in [9.17, 15) is 4.79 Å². The molecule has 7 heteroatoms. The minimum absolute atomic E-state index is 0.0316. The average molecular weight is 348 g/mol. The van der Waals surface area contributed by atoms with Gasteiger partial charge in [-0.2, -0.15) is 0 Å². The third kappa shape index (κ3) is 4.42. The highest BCUT2D eigenvalue weighted by Crippen LogP contribution is 2.41. The number of rotatable bonds is 7. The number of nitrogens with zero attached hydrogens (tertiary/aromatic N) is 3. The zero-order valence-electron chi connectivity index (χ0n) is 14.0. The van der Waals surface area contributed by atoms with E-state index in [-0.39, 0.29) is 11.3 Å². The van der Waals surface area contributed by atoms with Crippen LogP contribution in [0.5, 0.6) is 0 Å². The van der Waals surface area contributed by atoms with Crippen molar-refractivity contribution in [2.24, 2.45) is 5.41 Å². The van der Waals surface area contributed by atoms with E-state index in [4.69, 9.17) is 4.74 Å². The molecule has 0 atom stereocenters. The Morgan fingerprint density at radius 2 is 2.04 bits per heavy atom. The van der Waals surface area contributed by atoms with Gasteiger partial charge < -0.3 is 14.6 Å². The maximum absolute atomic E-state index is 12.6. The lowest BCUT2D eigenvalue weighted by atomic mass is 9.71. The zero-order valence-corrected chi connectivity index (χ0v) is 14.8. The molecule has 0 spiro atoms. The van der Waals surface area contributed by atoms with Crippen molar-refractivity contribution in [1.82, 2.24) is 14.8 Å². The first-order valence-corrected chi connectivity index (χ1v) is 9.23. The molecule has 130 valence electrons. The summed E-state index contributed by atoms with van der Waals surface area (Å²) in [4.78, 5) is 12.6. The zero-order chi connectivity index (χ0) is 16.8. The van der Waals surface area contributed by atoms with Crippen molar-refractivity contribution in [1.29, 1.82) is 0 Å². The Morgan fingerprint density at radius 3 is 2.75 bits per heavy atom. The number of carbonyl (C=O) groups excluding carboxylic acids is 1. The first kappa shape index (κ1) is 17.1. The Labute approximate surface area is 146 Å². The van der Waals surface area contributed by atoms with E-state index in [1.54, 1.807) is 7.11 Å². The molecule has 6 nitrogen and oxygen atoms in total. The Hall–Kier alpha value is -1.73. The molecular formula is C17H24N4O2S. The van der Waals surface area contributed by atoms with E-state index >= 15 is 0 Å². The van der Waals surface area contributed by atoms with Crippen molar-refractivity contribution in [2.75, 3.05) is 12.4 Å². The summed E-state index contributed by atoms with van der Waals surface area (Å²) < 4.78 is 7.23. The minimum atomic E-state index is 0.0316. The molecule has 2 aromatic rings. The molecule has 0 aromatic carbocycles. The normalized spacial score (nSPS) is 16.9. The molecule has 24 heavy (non-hydrogen) atoms. The van der Waals surface area contributed by atoms with Gasteiger partial charge in [0.05, 0.1) is 0 Å². The van der Waals surface area contributed by atoms with Crippen LogP contribution < -0.4 is 5.32 Å². The van der Waals surface area contributed by atoms with Gasteiger partial charge in [-0.1, -0.05) is 30.6 Å². The second-order valence-corrected chi connectivity index (χ2v) is 7.64. The summed E-state index contributed by atoms with van der Waals surface area (Å²) in [6.07, 6.45) is 10.6. The number of carbonyl (C=O) groups is 1. The summed E-state index contributed by atoms with van der Waals surface area (Å²) in [5, 5.41) is 12.3. The van der Waals surface area contributed by atoms with Crippen molar-refractivity contribution in [2.45, 2.75) is 51.7 Å². The molecule has 0 unspecified atom stereocenters. The third-order valence-electron chi connectivity index (χ3n) is 4.61. The van der Waals surface area contributed by atoms with Crippen LogP contribution in [0.4, 0.5) is 5.13 Å². The van der Waals surface area contributed by atoms with E-state index < -0.39 is 0 Å². The maximum atomic E-state index is 12.6. The molecule has 0 bridgehead atoms. The van der Waals surface area contributed by atoms with Crippen LogP contribution in [0.15, 0.2) is 24.5 Å². The Kier molecular flexibility index (Phi) is 5.63. The molecule has 1 aliphatic carbocycles. The van der Waals surface area contributed by atoms with Gasteiger partial charge in [-0.25, -0.2) is 0 Å². The third-order valence-corrected chi connectivity index (χ3v) is 5.43. The average Bonchev–Trinajstić information content (AvgIpc) is 3.20. The molecule has 0 radical (unpaired) electrons. The van der Waals surface area contributed by atoms with E-state index in [0.29, 0.717) is 18.2 Å². The number of anilines is 1. The van der Waals surface area contributed by atoms with Gasteiger partial charge in [0.15, 0.2) is 0 Å². The summed E-state index contributed by atoms with van der Waals surface area (Å²) in [5.41, 5.74) is 0.0431. The molecular weight excluding hydrogens is 324 g/mol. The SMILES string of the molecule is COCc1nnc(NC(=O)CC2(Cn3cccc3)CCCCC2)s1. The van der Waals surface area contributed by atoms with Gasteiger partial charge >= 0.3 is 0 Å². The smallest absolute Gasteiger partial charge is 0.226 e. The van der Waals surface area contributed by atoms with Crippen molar-refractivity contribution < 1.29 is 9.53 Å². The number of hydrogen-bond acceptors (Lipinski definition) is 5. The fourth-order valence-electron chi connectivity index (χ4n) is 3.55. The first-order valence-electron chi connectivity index (χ1n) is 8.41. The van der Waals surface area contributed by atoms with Crippen molar-refractivity contribution in [3.63, 3.8) is 0 Å². The molecule has 0 saturated heterocycles. The summed E-state index contributed by atoms with van der Waals surface area (Å²) >= 11 is 1.37. The molecule has 1 fully saturated rings. The molecule has 1 saturated carbocycles. The maximum Gasteiger partial charge on any atom is 0.226 e. The van der Waals surface area contributed by atoms with Gasteiger partial charge in [-0.05, 0) is 30.4 Å². The fourth-order valence-corrected chi connectivity index (χ4v) is 4.27. The first-order chi connectivity index (χ1) is 11.7. The van der Waals surface area contributed by atoms with Crippen LogP contribution in [-0.2, 0) is 22.7 Å². The standard InChI is InChI=1S/C17H24N4O2S/c1-23-12-15-19-20-16(24-15)18-14(22)11-17(7-3-2-4-8-17)13-21-9-5-6-10-21/h5-6,9-10H,2-4,7-8,11-13H2,1H3,(H,18,20,22). The lowest BCUT2D eigenvalue weighted by Crippen LogP contribution is -2.33. The number of amides is 1. The molecule has 2 aromatic heterocycles. The summed E-state index contributed by atoms with van der Waals surface area (Å²) in [6.45, 7) is 1.32. The Bertz CT molecular complexity index is 647. The quantitative estimate of drug-likeness (QED) is 0.832. The predicted molar refractivity (Wildman–Crippen MR) is 93.8 cm³/mol. The second-order valence-electron chi connectivity index (χ2n) is 6.57. The largest absolute Gasteiger partial charge is 0.377 e. The molecule has 1 amide bonds. The van der Waals surface area contributed by atoms with E-state index in [0.717, 1.165) is 24.4 Å². The van der Waals surface area contributed by atoms with E-state index in [1.807, 2.05) is 12.1 Å². The highest BCUT2D eigenvalue weighted by atomic mass is 32.1. The summed E-state index contributed by atoms with van der Waals surface area (Å²) in [6, 6.07) is 4.07. The van der Waals surface area contributed by atoms with Gasteiger partial charge in [0.25, 0.3) is 0 Å². The number of ether oxygens (including phenoxy) is 1. The predicted octanol–water partition coefficient (Wildman–Crippen LogP) is 3.47. The minimum Gasteiger partial charge on any atom is -0.377 e. The monoisotopic (exact) mass is 348 g/mol. The fraction of sp³-hybridized carbons (Fsp3) is 0.588. The number of aromatic nitrogens is 3. The van der Waals surface area contributed by atoms with Crippen LogP contribution in [0, 0.1) is 5.41 Å². The summed E-state index contributed by atoms with van der Waals surface area (Å²) in [7, 11) is 1.62. The van der Waals surface area contributed by atoms with Crippen LogP contribution in [-0.4, -0.2) is 27.8 Å². The molecule has 3 rings (SSSR count). The van der Waals surface area contributed by atoms with Gasteiger partial charge in [-0.3, -0.25) is 4.79 Å². The highest BCUT2D eigenvalue weighted by molar-refractivity contribution is 7.15. The lowest BCUT2D eigenvalue weighted by Gasteiger charge is -2.37. The van der Waals surface area contributed by atoms with Crippen LogP contribution in [0.1, 0.15) is 43.5 Å². The number of nitrogens with one attached hydrogen (secondary N) is 1. The van der Waals surface area contributed by atoms with Gasteiger partial charge in [0, 0.05) is 32.5 Å². The van der Waals surface area contributed by atoms with Crippen molar-refractivity contribution in [3.8, 4) is 0 Å². The van der Waals surface area contributed by atoms with Crippen LogP contribution in [0.2, 0.25) is 0 Å². The van der Waals surface area contributed by atoms with Gasteiger partial charge in [0.1, 0.15) is 11.6 Å². The van der Waals surface area contributed by atoms with Crippen LogP contribution in [0.3, 0.4) is 0 Å². The Balaban J connectivity index is 1.64. The molecule has 0 aliphatic heterocycles. The second kappa shape index (κ2) is 7.90. The van der Waals surface area contributed by atoms with Gasteiger partial charge in [0.2, 0.25) is 11.0 Å². The van der Waals surface area contributed by atoms with Crippen LogP contribution >= 0.6 is 11.3 Å². The van der Waals surface area contributed by atoms with Crippen molar-refractivity contribution >= 4 is 22.4 Å². The van der Waals surface area contributed by atoms with E-state index in [1.165, 1.54) is 30.6 Å². The Morgan fingerprint density at radius 1 is 1.29 bits per heavy atom. The lowest BCUT2D eigenvalue weighted by molar-refractivity contribution is -0.119. The highest BCUT2D eigenvalue weighted by Gasteiger charge is 2.34. The molecule has 1 aliphatic rings.